The summed E-state index contributed by atoms with van der Waals surface area (Å²) in [5.74, 6) is 0. The van der Waals surface area contributed by atoms with Gasteiger partial charge < -0.3 is 10.5 Å². The van der Waals surface area contributed by atoms with Gasteiger partial charge in [-0.2, -0.15) is 0 Å². The summed E-state index contributed by atoms with van der Waals surface area (Å²) in [6.45, 7) is 0. The summed E-state index contributed by atoms with van der Waals surface area (Å²) in [5, 5.41) is 0. The van der Waals surface area contributed by atoms with Crippen molar-refractivity contribution in [2.45, 2.75) is 12.6 Å². The fourth-order valence-electron chi connectivity index (χ4n) is 0.930. The zero-order chi connectivity index (χ0) is 8.10. The topological polar surface area (TPSA) is 35.2 Å². The van der Waals surface area contributed by atoms with Crippen molar-refractivity contribution in [3.8, 4) is 0 Å². The van der Waals surface area contributed by atoms with E-state index >= 15 is 0 Å². The Bertz CT molecular complexity index is 198. The monoisotopic (exact) mass is 151 g/mol. The molecule has 1 aromatic carbocycles. The summed E-state index contributed by atoms with van der Waals surface area (Å²) in [5.41, 5.74) is 6.79. The van der Waals surface area contributed by atoms with Gasteiger partial charge in [-0.25, -0.2) is 0 Å². The highest BCUT2D eigenvalue weighted by Crippen LogP contribution is 2.01. The van der Waals surface area contributed by atoms with E-state index in [1.807, 2.05) is 30.3 Å². The number of methoxy groups -OCH3 is 1. The van der Waals surface area contributed by atoms with Gasteiger partial charge >= 0.3 is 0 Å². The fourth-order valence-corrected chi connectivity index (χ4v) is 0.930. The second kappa shape index (κ2) is 4.11. The Morgan fingerprint density at radius 1 is 1.36 bits per heavy atom. The van der Waals surface area contributed by atoms with E-state index in [-0.39, 0.29) is 6.23 Å². The van der Waals surface area contributed by atoms with Crippen LogP contribution in [0.2, 0.25) is 0 Å². The van der Waals surface area contributed by atoms with Gasteiger partial charge in [-0.1, -0.05) is 30.3 Å². The van der Waals surface area contributed by atoms with Crippen LogP contribution >= 0.6 is 0 Å². The maximum Gasteiger partial charge on any atom is 0.109 e. The lowest BCUT2D eigenvalue weighted by Gasteiger charge is -2.08. The van der Waals surface area contributed by atoms with Crippen molar-refractivity contribution >= 4 is 0 Å². The number of rotatable bonds is 3. The summed E-state index contributed by atoms with van der Waals surface area (Å²) >= 11 is 0. The minimum Gasteiger partial charge on any atom is -0.366 e. The average Bonchev–Trinajstić information content (AvgIpc) is 2.06. The molecule has 0 fully saturated rings. The number of hydrogen-bond donors (Lipinski definition) is 1. The van der Waals surface area contributed by atoms with Crippen LogP contribution in [0.1, 0.15) is 5.56 Å². The Labute approximate surface area is 67.0 Å². The highest BCUT2D eigenvalue weighted by Gasteiger charge is 1.99. The van der Waals surface area contributed by atoms with E-state index in [0.29, 0.717) is 0 Å². The molecule has 60 valence electrons. The number of hydrogen-bond acceptors (Lipinski definition) is 2. The van der Waals surface area contributed by atoms with Gasteiger partial charge in [-0.15, -0.1) is 0 Å². The fraction of sp³-hybridized carbons (Fsp3) is 0.333. The van der Waals surface area contributed by atoms with Crippen molar-refractivity contribution in [2.24, 2.45) is 5.73 Å². The molecule has 1 atom stereocenters. The van der Waals surface area contributed by atoms with Crippen molar-refractivity contribution in [3.05, 3.63) is 35.9 Å². The molecular weight excluding hydrogens is 138 g/mol. The lowest BCUT2D eigenvalue weighted by Crippen LogP contribution is -2.24. The molecule has 0 aliphatic heterocycles. The highest BCUT2D eigenvalue weighted by atomic mass is 16.5. The molecule has 1 rings (SSSR count). The lowest BCUT2D eigenvalue weighted by molar-refractivity contribution is 0.109. The summed E-state index contributed by atoms with van der Waals surface area (Å²) < 4.78 is 4.93. The van der Waals surface area contributed by atoms with Crippen LogP contribution in [0.25, 0.3) is 0 Å². The van der Waals surface area contributed by atoms with E-state index in [9.17, 15) is 0 Å². The predicted octanol–water partition coefficient (Wildman–Crippen LogP) is 1.16. The van der Waals surface area contributed by atoms with Crippen LogP contribution in [0, 0.1) is 0 Å². The lowest BCUT2D eigenvalue weighted by atomic mass is 10.1. The zero-order valence-electron chi connectivity index (χ0n) is 6.66. The molecule has 0 saturated heterocycles. The third kappa shape index (κ3) is 2.70. The molecule has 0 radical (unpaired) electrons. The van der Waals surface area contributed by atoms with Crippen molar-refractivity contribution in [3.63, 3.8) is 0 Å². The van der Waals surface area contributed by atoms with Crippen LogP contribution in [0.3, 0.4) is 0 Å². The second-order valence-corrected chi connectivity index (χ2v) is 2.46. The molecule has 11 heavy (non-hydrogen) atoms. The molecule has 0 spiro atoms. The molecule has 0 aliphatic rings. The molecule has 2 nitrogen and oxygen atoms in total. The van der Waals surface area contributed by atoms with E-state index in [0.717, 1.165) is 6.42 Å². The molecule has 2 heteroatoms. The number of benzene rings is 1. The van der Waals surface area contributed by atoms with Crippen LogP contribution in [-0.4, -0.2) is 13.3 Å². The summed E-state index contributed by atoms with van der Waals surface area (Å²) in [7, 11) is 1.62. The number of nitrogens with two attached hydrogens (primary N) is 1. The quantitative estimate of drug-likeness (QED) is 0.658. The molecular formula is C9H13NO. The smallest absolute Gasteiger partial charge is 0.109 e. The normalized spacial score (nSPS) is 12.9. The largest absolute Gasteiger partial charge is 0.366 e. The SMILES string of the molecule is COC(N)Cc1ccccc1. The zero-order valence-corrected chi connectivity index (χ0v) is 6.66. The van der Waals surface area contributed by atoms with E-state index in [1.165, 1.54) is 5.56 Å². The molecule has 0 aromatic heterocycles. The highest BCUT2D eigenvalue weighted by molar-refractivity contribution is 5.15. The third-order valence-electron chi connectivity index (χ3n) is 1.58. The van der Waals surface area contributed by atoms with Gasteiger partial charge in [0.1, 0.15) is 6.23 Å². The molecule has 1 unspecified atom stereocenters. The third-order valence-corrected chi connectivity index (χ3v) is 1.58. The Morgan fingerprint density at radius 3 is 2.55 bits per heavy atom. The van der Waals surface area contributed by atoms with Crippen LogP contribution in [-0.2, 0) is 11.2 Å². The van der Waals surface area contributed by atoms with Gasteiger partial charge in [-0.3, -0.25) is 0 Å². The molecule has 1 aromatic rings. The molecule has 0 amide bonds. The van der Waals surface area contributed by atoms with Gasteiger partial charge in [0.15, 0.2) is 0 Å². The first-order chi connectivity index (χ1) is 5.33. The predicted molar refractivity (Wildman–Crippen MR) is 45.1 cm³/mol. The Balaban J connectivity index is 2.51. The van der Waals surface area contributed by atoms with E-state index in [2.05, 4.69) is 0 Å². The van der Waals surface area contributed by atoms with Crippen molar-refractivity contribution < 1.29 is 4.74 Å². The van der Waals surface area contributed by atoms with Gasteiger partial charge in [0.05, 0.1) is 0 Å². The summed E-state index contributed by atoms with van der Waals surface area (Å²) in [6.07, 6.45) is 0.592. The molecule has 2 N–H and O–H groups in total. The van der Waals surface area contributed by atoms with Gasteiger partial charge in [0.2, 0.25) is 0 Å². The van der Waals surface area contributed by atoms with E-state index in [1.54, 1.807) is 7.11 Å². The standard InChI is InChI=1S/C9H13NO/c1-11-9(10)7-8-5-3-2-4-6-8/h2-6,9H,7,10H2,1H3. The summed E-state index contributed by atoms with van der Waals surface area (Å²) in [4.78, 5) is 0. The van der Waals surface area contributed by atoms with Crippen LogP contribution in [0.4, 0.5) is 0 Å². The van der Waals surface area contributed by atoms with Crippen molar-refractivity contribution in [1.29, 1.82) is 0 Å². The van der Waals surface area contributed by atoms with Crippen LogP contribution in [0.5, 0.6) is 0 Å². The van der Waals surface area contributed by atoms with Gasteiger partial charge in [0, 0.05) is 13.5 Å². The minimum absolute atomic E-state index is 0.183. The number of ether oxygens (including phenoxy) is 1. The van der Waals surface area contributed by atoms with Gasteiger partial charge in [0.25, 0.3) is 0 Å². The Morgan fingerprint density at radius 2 is 2.00 bits per heavy atom. The summed E-state index contributed by atoms with van der Waals surface area (Å²) in [6, 6.07) is 10.1. The maximum atomic E-state index is 5.58. The van der Waals surface area contributed by atoms with Crippen molar-refractivity contribution in [1.82, 2.24) is 0 Å². The first kappa shape index (κ1) is 8.24. The Hall–Kier alpha value is -0.860. The molecule has 0 saturated carbocycles. The molecule has 0 aliphatic carbocycles. The first-order valence-corrected chi connectivity index (χ1v) is 3.65. The minimum atomic E-state index is -0.183. The second-order valence-electron chi connectivity index (χ2n) is 2.46. The first-order valence-electron chi connectivity index (χ1n) is 3.65. The van der Waals surface area contributed by atoms with Crippen LogP contribution in [0.15, 0.2) is 30.3 Å². The van der Waals surface area contributed by atoms with E-state index < -0.39 is 0 Å². The average molecular weight is 151 g/mol. The van der Waals surface area contributed by atoms with Crippen LogP contribution < -0.4 is 5.73 Å². The van der Waals surface area contributed by atoms with Crippen molar-refractivity contribution in [2.75, 3.05) is 7.11 Å². The van der Waals surface area contributed by atoms with Gasteiger partial charge in [-0.05, 0) is 5.56 Å². The molecule has 0 heterocycles. The Kier molecular flexibility index (Phi) is 3.08. The maximum absolute atomic E-state index is 5.58. The van der Waals surface area contributed by atoms with E-state index in [4.69, 9.17) is 10.5 Å². The molecule has 0 bridgehead atoms.